The predicted octanol–water partition coefficient (Wildman–Crippen LogP) is 2.05. The van der Waals surface area contributed by atoms with Gasteiger partial charge in [-0.05, 0) is 38.5 Å². The number of fused-ring (bicyclic) bond motifs is 2. The van der Waals surface area contributed by atoms with E-state index in [1.165, 1.54) is 0 Å². The number of aryl methyl sites for hydroxylation is 1. The summed E-state index contributed by atoms with van der Waals surface area (Å²) in [5, 5.41) is 0. The van der Waals surface area contributed by atoms with E-state index in [0.29, 0.717) is 39.5 Å². The maximum absolute atomic E-state index is 5.47. The van der Waals surface area contributed by atoms with Crippen LogP contribution < -0.4 is 0 Å². The van der Waals surface area contributed by atoms with Crippen molar-refractivity contribution in [2.75, 3.05) is 39.5 Å². The summed E-state index contributed by atoms with van der Waals surface area (Å²) in [7, 11) is 0. The van der Waals surface area contributed by atoms with E-state index in [1.54, 1.807) is 0 Å². The second-order valence-electron chi connectivity index (χ2n) is 5.07. The van der Waals surface area contributed by atoms with E-state index in [4.69, 9.17) is 9.47 Å². The summed E-state index contributed by atoms with van der Waals surface area (Å²) in [6, 6.07) is 4.11. The Labute approximate surface area is 126 Å². The number of hydrogen-bond donors (Lipinski definition) is 0. The van der Waals surface area contributed by atoms with E-state index < -0.39 is 0 Å². The van der Waals surface area contributed by atoms with Crippen LogP contribution in [-0.4, -0.2) is 55.9 Å². The molecule has 2 bridgehead atoms. The van der Waals surface area contributed by atoms with Crippen LogP contribution in [0.25, 0.3) is 0 Å². The van der Waals surface area contributed by atoms with Crippen molar-refractivity contribution in [3.63, 3.8) is 0 Å². The largest absolute Gasteiger partial charge is 0.377 e. The van der Waals surface area contributed by atoms with Crippen LogP contribution in [0, 0.1) is 6.92 Å². The van der Waals surface area contributed by atoms with Crippen LogP contribution in [0.4, 0.5) is 0 Å². The number of nitrogens with zero attached hydrogens (tertiary/aromatic N) is 3. The van der Waals surface area contributed by atoms with Crippen LogP contribution in [-0.2, 0) is 9.47 Å². The Morgan fingerprint density at radius 2 is 1.24 bits per heavy atom. The van der Waals surface area contributed by atoms with Gasteiger partial charge in [-0.3, -0.25) is 9.98 Å². The Morgan fingerprint density at radius 1 is 0.762 bits per heavy atom. The molecule has 1 aromatic heterocycles. The standard InChI is InChI=1S/C16H23N3O2/c1-12-10-15-13(2)17-4-6-20-8-9-21-7-5-18-14(3)16(11-12)19-15/h10-11H,4-9H2,1-3H3. The Bertz CT molecular complexity index is 494. The van der Waals surface area contributed by atoms with Crippen LogP contribution in [0.3, 0.4) is 0 Å². The number of pyridine rings is 1. The molecule has 2 heterocycles. The molecule has 0 amide bonds. The molecule has 0 N–H and O–H groups in total. The maximum atomic E-state index is 5.47. The second-order valence-corrected chi connectivity index (χ2v) is 5.07. The average molecular weight is 289 g/mol. The van der Waals surface area contributed by atoms with Crippen molar-refractivity contribution in [3.05, 3.63) is 29.1 Å². The van der Waals surface area contributed by atoms with Crippen molar-refractivity contribution in [2.45, 2.75) is 20.8 Å². The summed E-state index contributed by atoms with van der Waals surface area (Å²) in [5.74, 6) is 0. The number of ether oxygens (including phenoxy) is 2. The van der Waals surface area contributed by atoms with Gasteiger partial charge in [0.1, 0.15) is 0 Å². The van der Waals surface area contributed by atoms with Crippen LogP contribution in [0.2, 0.25) is 0 Å². The molecular formula is C16H23N3O2. The molecule has 1 aromatic rings. The normalized spacial score (nSPS) is 18.2. The predicted molar refractivity (Wildman–Crippen MR) is 84.8 cm³/mol. The van der Waals surface area contributed by atoms with Crippen LogP contribution in [0.5, 0.6) is 0 Å². The molecule has 114 valence electrons. The Morgan fingerprint density at radius 3 is 1.71 bits per heavy atom. The molecule has 0 saturated heterocycles. The summed E-state index contributed by atoms with van der Waals surface area (Å²) >= 11 is 0. The number of aromatic nitrogens is 1. The van der Waals surface area contributed by atoms with Gasteiger partial charge in [-0.15, -0.1) is 0 Å². The van der Waals surface area contributed by atoms with Gasteiger partial charge in [0.05, 0.1) is 62.3 Å². The van der Waals surface area contributed by atoms with Gasteiger partial charge in [0, 0.05) is 0 Å². The molecule has 0 radical (unpaired) electrons. The van der Waals surface area contributed by atoms with Crippen LogP contribution in [0.1, 0.15) is 30.8 Å². The van der Waals surface area contributed by atoms with E-state index in [9.17, 15) is 0 Å². The minimum absolute atomic E-state index is 0.600. The lowest BCUT2D eigenvalue weighted by atomic mass is 10.1. The lowest BCUT2D eigenvalue weighted by molar-refractivity contribution is 0.0541. The third kappa shape index (κ3) is 5.02. The van der Waals surface area contributed by atoms with E-state index in [2.05, 4.69) is 34.0 Å². The summed E-state index contributed by atoms with van der Waals surface area (Å²) in [6.45, 7) is 9.73. The van der Waals surface area contributed by atoms with Gasteiger partial charge in [-0.2, -0.15) is 0 Å². The van der Waals surface area contributed by atoms with Gasteiger partial charge < -0.3 is 9.47 Å². The molecule has 0 unspecified atom stereocenters. The maximum Gasteiger partial charge on any atom is 0.0847 e. The van der Waals surface area contributed by atoms with Crippen molar-refractivity contribution in [1.82, 2.24) is 4.98 Å². The van der Waals surface area contributed by atoms with Gasteiger partial charge >= 0.3 is 0 Å². The fraction of sp³-hybridized carbons (Fsp3) is 0.562. The first-order valence-electron chi connectivity index (χ1n) is 7.34. The summed E-state index contributed by atoms with van der Waals surface area (Å²) in [6.07, 6.45) is 0. The highest BCUT2D eigenvalue weighted by atomic mass is 16.5. The first-order valence-corrected chi connectivity index (χ1v) is 7.34. The first-order chi connectivity index (χ1) is 10.2. The molecular weight excluding hydrogens is 266 g/mol. The quantitative estimate of drug-likeness (QED) is 0.734. The fourth-order valence-electron chi connectivity index (χ4n) is 2.08. The zero-order valence-electron chi connectivity index (χ0n) is 13.1. The molecule has 0 fully saturated rings. The Balaban J connectivity index is 2.28. The van der Waals surface area contributed by atoms with Crippen molar-refractivity contribution in [3.8, 4) is 0 Å². The third-order valence-corrected chi connectivity index (χ3v) is 3.25. The lowest BCUT2D eigenvalue weighted by Crippen LogP contribution is -2.09. The van der Waals surface area contributed by atoms with Gasteiger partial charge in [0.2, 0.25) is 0 Å². The summed E-state index contributed by atoms with van der Waals surface area (Å²) < 4.78 is 10.9. The Hall–Kier alpha value is -1.59. The highest BCUT2D eigenvalue weighted by Gasteiger charge is 2.06. The molecule has 0 atom stereocenters. The third-order valence-electron chi connectivity index (χ3n) is 3.25. The van der Waals surface area contributed by atoms with Gasteiger partial charge in [-0.25, -0.2) is 4.98 Å². The molecule has 2 rings (SSSR count). The fourth-order valence-corrected chi connectivity index (χ4v) is 2.08. The topological polar surface area (TPSA) is 56.1 Å². The van der Waals surface area contributed by atoms with Crippen LogP contribution in [0.15, 0.2) is 22.1 Å². The highest BCUT2D eigenvalue weighted by Crippen LogP contribution is 2.08. The number of rotatable bonds is 0. The van der Waals surface area contributed by atoms with Gasteiger partial charge in [0.25, 0.3) is 0 Å². The number of aliphatic imine (C=N–C) groups is 2. The smallest absolute Gasteiger partial charge is 0.0847 e. The minimum Gasteiger partial charge on any atom is -0.377 e. The van der Waals surface area contributed by atoms with Crippen LogP contribution >= 0.6 is 0 Å². The monoisotopic (exact) mass is 289 g/mol. The molecule has 1 aliphatic heterocycles. The minimum atomic E-state index is 0.600. The van der Waals surface area contributed by atoms with Gasteiger partial charge in [-0.1, -0.05) is 0 Å². The van der Waals surface area contributed by atoms with Crippen molar-refractivity contribution in [1.29, 1.82) is 0 Å². The highest BCUT2D eigenvalue weighted by molar-refractivity contribution is 6.01. The van der Waals surface area contributed by atoms with Gasteiger partial charge in [0.15, 0.2) is 0 Å². The summed E-state index contributed by atoms with van der Waals surface area (Å²) in [4.78, 5) is 13.7. The van der Waals surface area contributed by atoms with E-state index in [1.807, 2.05) is 13.8 Å². The van der Waals surface area contributed by atoms with Crippen molar-refractivity contribution in [2.24, 2.45) is 9.98 Å². The van der Waals surface area contributed by atoms with E-state index in [0.717, 1.165) is 28.4 Å². The molecule has 5 nitrogen and oxygen atoms in total. The number of hydrogen-bond acceptors (Lipinski definition) is 5. The SMILES string of the molecule is CC1=NCCOCCOCCN=C(C)c2cc(C)cc1n2. The zero-order chi connectivity index (χ0) is 15.1. The molecule has 5 heteroatoms. The molecule has 1 aliphatic rings. The average Bonchev–Trinajstić information content (AvgIpc) is 2.47. The zero-order valence-corrected chi connectivity index (χ0v) is 13.1. The van der Waals surface area contributed by atoms with E-state index in [-0.39, 0.29) is 0 Å². The lowest BCUT2D eigenvalue weighted by Gasteiger charge is -2.07. The molecule has 21 heavy (non-hydrogen) atoms. The molecule has 0 aromatic carbocycles. The van der Waals surface area contributed by atoms with Crippen molar-refractivity contribution < 1.29 is 9.47 Å². The molecule has 0 spiro atoms. The first kappa shape index (κ1) is 15.8. The summed E-state index contributed by atoms with van der Waals surface area (Å²) in [5.41, 5.74) is 4.84. The Kier molecular flexibility index (Phi) is 6.02. The van der Waals surface area contributed by atoms with E-state index >= 15 is 0 Å². The molecule has 0 saturated carbocycles. The second kappa shape index (κ2) is 8.00. The molecule has 0 aliphatic carbocycles. The van der Waals surface area contributed by atoms with Crippen molar-refractivity contribution >= 4 is 11.4 Å².